The predicted molar refractivity (Wildman–Crippen MR) is 115 cm³/mol. The summed E-state index contributed by atoms with van der Waals surface area (Å²) >= 11 is 0. The molecule has 34 heavy (non-hydrogen) atoms. The molecule has 0 radical (unpaired) electrons. The number of nitrogens with one attached hydrogen (secondary N) is 1. The first-order valence-corrected chi connectivity index (χ1v) is 10.9. The van der Waals surface area contributed by atoms with Crippen molar-refractivity contribution in [1.29, 1.82) is 0 Å². The third kappa shape index (κ3) is 5.32. The summed E-state index contributed by atoms with van der Waals surface area (Å²) in [6.45, 7) is -1.08. The topological polar surface area (TPSA) is 90.3 Å². The lowest BCUT2D eigenvalue weighted by atomic mass is 9.87. The number of carbonyl (C=O) groups excluding carboxylic acids is 1. The molecule has 11 heteroatoms. The highest BCUT2D eigenvalue weighted by atomic mass is 19.4. The molecule has 2 aromatic rings. The van der Waals surface area contributed by atoms with Gasteiger partial charge in [-0.25, -0.2) is 4.39 Å². The Morgan fingerprint density at radius 2 is 1.94 bits per heavy atom. The Hall–Kier alpha value is -3.14. The number of hydrogen-bond acceptors (Lipinski definition) is 4. The number of fused-ring (bicyclic) bond motifs is 1. The molecule has 1 saturated heterocycles. The van der Waals surface area contributed by atoms with E-state index in [1.807, 2.05) is 24.3 Å². The van der Waals surface area contributed by atoms with E-state index in [2.05, 4.69) is 15.3 Å². The zero-order chi connectivity index (χ0) is 24.3. The first kappa shape index (κ1) is 24.0. The third-order valence-corrected chi connectivity index (χ3v) is 6.19. The van der Waals surface area contributed by atoms with Gasteiger partial charge in [0.05, 0.1) is 25.2 Å². The fourth-order valence-electron chi connectivity index (χ4n) is 4.58. The van der Waals surface area contributed by atoms with Crippen LogP contribution in [-0.2, 0) is 16.0 Å². The van der Waals surface area contributed by atoms with Crippen molar-refractivity contribution in [2.45, 2.75) is 43.2 Å². The van der Waals surface area contributed by atoms with E-state index in [0.29, 0.717) is 13.0 Å². The van der Waals surface area contributed by atoms with Crippen molar-refractivity contribution in [3.63, 3.8) is 0 Å². The number of hydrogen-bond donors (Lipinski definition) is 1. The maximum atomic E-state index is 13.6. The Morgan fingerprint density at radius 1 is 1.21 bits per heavy atom. The maximum Gasteiger partial charge on any atom is 0.401 e. The molecule has 0 aromatic heterocycles. The van der Waals surface area contributed by atoms with Crippen molar-refractivity contribution in [1.82, 2.24) is 10.2 Å². The monoisotopic (exact) mass is 477 g/mol. The molecule has 1 fully saturated rings. The molecule has 0 aliphatic carbocycles. The second-order valence-corrected chi connectivity index (χ2v) is 8.37. The number of halogens is 4. The molecule has 7 nitrogen and oxygen atoms in total. The molecule has 0 unspecified atom stereocenters. The van der Waals surface area contributed by atoms with Crippen LogP contribution in [0.15, 0.2) is 53.6 Å². The number of amides is 1. The summed E-state index contributed by atoms with van der Waals surface area (Å²) in [5, 5.41) is 5.94. The van der Waals surface area contributed by atoms with E-state index in [1.165, 1.54) is 12.1 Å². The van der Waals surface area contributed by atoms with E-state index < -0.39 is 42.8 Å². The van der Waals surface area contributed by atoms with Gasteiger partial charge in [-0.1, -0.05) is 41.5 Å². The van der Waals surface area contributed by atoms with Crippen LogP contribution >= 0.6 is 0 Å². The van der Waals surface area contributed by atoms with Crippen LogP contribution in [0.25, 0.3) is 10.4 Å². The van der Waals surface area contributed by atoms with Crippen LogP contribution in [0.2, 0.25) is 0 Å². The number of benzene rings is 2. The number of alkyl halides is 3. The Balaban J connectivity index is 1.57. The van der Waals surface area contributed by atoms with Crippen LogP contribution in [0, 0.1) is 5.82 Å². The first-order valence-electron chi connectivity index (χ1n) is 10.9. The Kier molecular flexibility index (Phi) is 7.06. The van der Waals surface area contributed by atoms with Crippen LogP contribution in [0.3, 0.4) is 0 Å². The average Bonchev–Trinajstić information content (AvgIpc) is 2.82. The zero-order valence-corrected chi connectivity index (χ0v) is 18.1. The molecule has 0 saturated carbocycles. The van der Waals surface area contributed by atoms with Gasteiger partial charge >= 0.3 is 6.18 Å². The van der Waals surface area contributed by atoms with Gasteiger partial charge in [0, 0.05) is 17.5 Å². The molecule has 4 rings (SSSR count). The molecule has 180 valence electrons. The summed E-state index contributed by atoms with van der Waals surface area (Å²) in [7, 11) is 0. The standard InChI is InChI=1S/C23H23F4N5O2/c24-16-7-5-15(6-8-16)21-17-4-2-1-3-14(17)9-10-32(21)22(33)20-11-18(30-31-28)19(12-34-20)29-13-23(25,26)27/h1-8,18-21,29H,9-13H2/t18-,19-,20+,21-/m0/s1. The van der Waals surface area contributed by atoms with Crippen molar-refractivity contribution in [3.8, 4) is 0 Å². The van der Waals surface area contributed by atoms with Crippen molar-refractivity contribution in [3.05, 3.63) is 81.5 Å². The van der Waals surface area contributed by atoms with Crippen molar-refractivity contribution in [2.24, 2.45) is 5.11 Å². The van der Waals surface area contributed by atoms with Crippen LogP contribution in [-0.4, -0.2) is 54.9 Å². The van der Waals surface area contributed by atoms with Gasteiger partial charge in [0.15, 0.2) is 0 Å². The van der Waals surface area contributed by atoms with Crippen LogP contribution in [0.4, 0.5) is 17.6 Å². The quantitative estimate of drug-likeness (QED) is 0.302. The number of azide groups is 1. The van der Waals surface area contributed by atoms with Gasteiger partial charge in [-0.15, -0.1) is 0 Å². The molecule has 2 aromatic carbocycles. The minimum absolute atomic E-state index is 0.0489. The molecule has 2 heterocycles. The molecule has 2 aliphatic rings. The zero-order valence-electron chi connectivity index (χ0n) is 18.1. The predicted octanol–water partition coefficient (Wildman–Crippen LogP) is 4.29. The maximum absolute atomic E-state index is 13.6. The molecule has 0 bridgehead atoms. The highest BCUT2D eigenvalue weighted by molar-refractivity contribution is 5.82. The number of nitrogens with zero attached hydrogens (tertiary/aromatic N) is 4. The van der Waals surface area contributed by atoms with Gasteiger partial charge in [0.25, 0.3) is 5.91 Å². The third-order valence-electron chi connectivity index (χ3n) is 6.19. The summed E-state index contributed by atoms with van der Waals surface area (Å²) in [5.74, 6) is -0.743. The average molecular weight is 477 g/mol. The van der Waals surface area contributed by atoms with Gasteiger partial charge in [0.2, 0.25) is 0 Å². The minimum Gasteiger partial charge on any atom is -0.367 e. The molecule has 0 spiro atoms. The summed E-state index contributed by atoms with van der Waals surface area (Å²) in [5.41, 5.74) is 11.6. The van der Waals surface area contributed by atoms with Gasteiger partial charge < -0.3 is 15.0 Å². The fourth-order valence-corrected chi connectivity index (χ4v) is 4.58. The van der Waals surface area contributed by atoms with E-state index in [0.717, 1.165) is 16.7 Å². The summed E-state index contributed by atoms with van der Waals surface area (Å²) in [4.78, 5) is 18.0. The van der Waals surface area contributed by atoms with E-state index in [9.17, 15) is 22.4 Å². The summed E-state index contributed by atoms with van der Waals surface area (Å²) in [6, 6.07) is 11.4. The second kappa shape index (κ2) is 10.0. The van der Waals surface area contributed by atoms with Gasteiger partial charge in [-0.3, -0.25) is 4.79 Å². The second-order valence-electron chi connectivity index (χ2n) is 8.37. The molecule has 1 amide bonds. The lowest BCUT2D eigenvalue weighted by molar-refractivity contribution is -0.152. The van der Waals surface area contributed by atoms with Crippen molar-refractivity contribution < 1.29 is 27.1 Å². The van der Waals surface area contributed by atoms with Crippen LogP contribution < -0.4 is 5.32 Å². The molecular weight excluding hydrogens is 454 g/mol. The highest BCUT2D eigenvalue weighted by Gasteiger charge is 2.41. The normalized spacial score (nSPS) is 24.8. The van der Waals surface area contributed by atoms with E-state index in [1.54, 1.807) is 17.0 Å². The van der Waals surface area contributed by atoms with Crippen LogP contribution in [0.5, 0.6) is 0 Å². The molecular formula is C23H23F4N5O2. The molecule has 4 atom stereocenters. The van der Waals surface area contributed by atoms with Crippen molar-refractivity contribution >= 4 is 5.91 Å². The Bertz CT molecular complexity index is 1070. The first-order chi connectivity index (χ1) is 16.3. The SMILES string of the molecule is [N-]=[N+]=N[C@H]1C[C@H](C(=O)N2CCc3ccccc3[C@@H]2c2ccc(F)cc2)OC[C@@H]1NCC(F)(F)F. The largest absolute Gasteiger partial charge is 0.401 e. The number of ether oxygens (including phenoxy) is 1. The Morgan fingerprint density at radius 3 is 2.65 bits per heavy atom. The summed E-state index contributed by atoms with van der Waals surface area (Å²) in [6.07, 6.45) is -4.85. The van der Waals surface area contributed by atoms with Gasteiger partial charge in [-0.05, 0) is 47.2 Å². The van der Waals surface area contributed by atoms with E-state index >= 15 is 0 Å². The lowest BCUT2D eigenvalue weighted by Crippen LogP contribution is -2.55. The van der Waals surface area contributed by atoms with Gasteiger partial charge in [0.1, 0.15) is 11.9 Å². The van der Waals surface area contributed by atoms with Crippen LogP contribution in [0.1, 0.15) is 29.2 Å². The number of carbonyl (C=O) groups is 1. The van der Waals surface area contributed by atoms with E-state index in [4.69, 9.17) is 10.3 Å². The molecule has 1 N–H and O–H groups in total. The summed E-state index contributed by atoms with van der Waals surface area (Å²) < 4.78 is 57.1. The highest BCUT2D eigenvalue weighted by Crippen LogP contribution is 2.36. The van der Waals surface area contributed by atoms with Crippen molar-refractivity contribution in [2.75, 3.05) is 19.7 Å². The molecule has 2 aliphatic heterocycles. The fraction of sp³-hybridized carbons (Fsp3) is 0.435. The lowest BCUT2D eigenvalue weighted by Gasteiger charge is -2.41. The minimum atomic E-state index is -4.43. The smallest absolute Gasteiger partial charge is 0.367 e. The van der Waals surface area contributed by atoms with E-state index in [-0.39, 0.29) is 18.9 Å². The number of rotatable bonds is 5. The Labute approximate surface area is 193 Å². The van der Waals surface area contributed by atoms with Gasteiger partial charge in [-0.2, -0.15) is 13.2 Å².